The number of aryl methyl sites for hydroxylation is 3. The van der Waals surface area contributed by atoms with Crippen LogP contribution in [0.3, 0.4) is 0 Å². The highest BCUT2D eigenvalue weighted by Crippen LogP contribution is 2.43. The SMILES string of the molecule is Cc1cc(C)c2nc(C)cc(C(=O)N3C[C@H]4CCN(C)C[C@@]4(C(=O)O)C3)c2c1. The van der Waals surface area contributed by atoms with Gasteiger partial charge in [0.1, 0.15) is 5.41 Å². The van der Waals surface area contributed by atoms with Gasteiger partial charge in [0, 0.05) is 30.7 Å². The number of benzene rings is 1. The summed E-state index contributed by atoms with van der Waals surface area (Å²) in [6, 6.07) is 5.92. The van der Waals surface area contributed by atoms with Crippen LogP contribution in [0, 0.1) is 32.1 Å². The van der Waals surface area contributed by atoms with E-state index in [4.69, 9.17) is 0 Å². The first-order valence-electron chi connectivity index (χ1n) is 9.81. The molecule has 0 saturated carbocycles. The van der Waals surface area contributed by atoms with Crippen LogP contribution in [0.15, 0.2) is 18.2 Å². The summed E-state index contributed by atoms with van der Waals surface area (Å²) in [4.78, 5) is 34.2. The van der Waals surface area contributed by atoms with E-state index in [1.165, 1.54) is 0 Å². The Morgan fingerprint density at radius 2 is 1.93 bits per heavy atom. The Bertz CT molecular complexity index is 987. The largest absolute Gasteiger partial charge is 0.481 e. The highest BCUT2D eigenvalue weighted by atomic mass is 16.4. The number of amides is 1. The lowest BCUT2D eigenvalue weighted by Gasteiger charge is -2.39. The van der Waals surface area contributed by atoms with Crippen LogP contribution in [0.4, 0.5) is 0 Å². The third-order valence-corrected chi connectivity index (χ3v) is 6.43. The fourth-order valence-corrected chi connectivity index (χ4v) is 5.08. The van der Waals surface area contributed by atoms with Gasteiger partial charge in [0.05, 0.1) is 11.1 Å². The number of likely N-dealkylation sites (tertiary alicyclic amines) is 2. The molecule has 2 aliphatic heterocycles. The Balaban J connectivity index is 1.76. The summed E-state index contributed by atoms with van der Waals surface area (Å²) in [5.41, 5.74) is 3.54. The molecule has 6 heteroatoms. The average Bonchev–Trinajstić information content (AvgIpc) is 3.01. The topological polar surface area (TPSA) is 73.7 Å². The van der Waals surface area contributed by atoms with Gasteiger partial charge >= 0.3 is 5.97 Å². The normalized spacial score (nSPS) is 25.1. The van der Waals surface area contributed by atoms with Gasteiger partial charge in [-0.25, -0.2) is 0 Å². The van der Waals surface area contributed by atoms with Gasteiger partial charge in [0.25, 0.3) is 5.91 Å². The molecule has 6 nitrogen and oxygen atoms in total. The first kappa shape index (κ1) is 18.9. The molecule has 0 unspecified atom stereocenters. The van der Waals surface area contributed by atoms with Crippen molar-refractivity contribution in [2.75, 3.05) is 33.2 Å². The van der Waals surface area contributed by atoms with Crippen molar-refractivity contribution in [1.29, 1.82) is 0 Å². The van der Waals surface area contributed by atoms with Crippen LogP contribution >= 0.6 is 0 Å². The lowest BCUT2D eigenvalue weighted by Crippen LogP contribution is -2.52. The monoisotopic (exact) mass is 381 g/mol. The summed E-state index contributed by atoms with van der Waals surface area (Å²) in [5.74, 6) is -0.872. The number of carboxylic acids is 1. The van der Waals surface area contributed by atoms with Gasteiger partial charge in [-0.3, -0.25) is 14.6 Å². The molecule has 3 heterocycles. The number of aromatic nitrogens is 1. The third-order valence-electron chi connectivity index (χ3n) is 6.43. The predicted molar refractivity (Wildman–Crippen MR) is 108 cm³/mol. The standard InChI is InChI=1S/C22H27N3O3/c1-13-7-14(2)19-17(8-13)18(9-15(3)23-19)20(26)25-10-16-5-6-24(4)11-22(16,12-25)21(27)28/h7-9,16H,5-6,10-12H2,1-4H3,(H,27,28)/t16-,22-/m1/s1. The van der Waals surface area contributed by atoms with Crippen molar-refractivity contribution in [2.24, 2.45) is 11.3 Å². The molecule has 2 aliphatic rings. The van der Waals surface area contributed by atoms with Crippen molar-refractivity contribution in [1.82, 2.24) is 14.8 Å². The number of nitrogens with zero attached hydrogens (tertiary/aromatic N) is 3. The molecular formula is C22H27N3O3. The molecule has 2 fully saturated rings. The number of fused-ring (bicyclic) bond motifs is 2. The van der Waals surface area contributed by atoms with Crippen LogP contribution < -0.4 is 0 Å². The van der Waals surface area contributed by atoms with Gasteiger partial charge < -0.3 is 14.9 Å². The number of piperidine rings is 1. The van der Waals surface area contributed by atoms with E-state index >= 15 is 0 Å². The first-order chi connectivity index (χ1) is 13.2. The molecule has 1 amide bonds. The maximum atomic E-state index is 13.5. The van der Waals surface area contributed by atoms with E-state index in [1.54, 1.807) is 4.90 Å². The molecule has 1 aromatic carbocycles. The predicted octanol–water partition coefficient (Wildman–Crippen LogP) is 2.64. The molecule has 2 saturated heterocycles. The minimum Gasteiger partial charge on any atom is -0.481 e. The molecule has 2 atom stereocenters. The van der Waals surface area contributed by atoms with Crippen molar-refractivity contribution in [3.63, 3.8) is 0 Å². The van der Waals surface area contributed by atoms with Crippen LogP contribution in [-0.2, 0) is 4.79 Å². The van der Waals surface area contributed by atoms with Crippen molar-refractivity contribution >= 4 is 22.8 Å². The third kappa shape index (κ3) is 2.87. The first-order valence-corrected chi connectivity index (χ1v) is 9.81. The second kappa shape index (κ2) is 6.55. The van der Waals surface area contributed by atoms with Crippen molar-refractivity contribution in [3.05, 3.63) is 40.6 Å². The molecule has 0 aliphatic carbocycles. The number of carbonyl (C=O) groups excluding carboxylic acids is 1. The minimum absolute atomic E-state index is 0.00261. The van der Waals surface area contributed by atoms with Crippen LogP contribution in [0.5, 0.6) is 0 Å². The van der Waals surface area contributed by atoms with Crippen molar-refractivity contribution in [3.8, 4) is 0 Å². The van der Waals surface area contributed by atoms with Crippen molar-refractivity contribution < 1.29 is 14.7 Å². The molecule has 0 bridgehead atoms. The summed E-state index contributed by atoms with van der Waals surface area (Å²) >= 11 is 0. The smallest absolute Gasteiger partial charge is 0.313 e. The average molecular weight is 381 g/mol. The Kier molecular flexibility index (Phi) is 4.42. The van der Waals surface area contributed by atoms with E-state index in [1.807, 2.05) is 40.0 Å². The van der Waals surface area contributed by atoms with Crippen LogP contribution in [0.1, 0.15) is 33.6 Å². The van der Waals surface area contributed by atoms with E-state index in [0.717, 1.165) is 40.7 Å². The van der Waals surface area contributed by atoms with Gasteiger partial charge in [-0.15, -0.1) is 0 Å². The zero-order valence-electron chi connectivity index (χ0n) is 17.0. The zero-order chi connectivity index (χ0) is 20.2. The van der Waals surface area contributed by atoms with Crippen LogP contribution in [0.2, 0.25) is 0 Å². The number of hydrogen-bond donors (Lipinski definition) is 1. The molecule has 1 aromatic heterocycles. The quantitative estimate of drug-likeness (QED) is 0.866. The molecule has 4 rings (SSSR count). The van der Waals surface area contributed by atoms with Gasteiger partial charge in [-0.1, -0.05) is 11.6 Å². The van der Waals surface area contributed by atoms with Crippen molar-refractivity contribution in [2.45, 2.75) is 27.2 Å². The number of carboxylic acid groups (broad SMARTS) is 1. The summed E-state index contributed by atoms with van der Waals surface area (Å²) < 4.78 is 0. The highest BCUT2D eigenvalue weighted by molar-refractivity contribution is 6.07. The second-order valence-corrected chi connectivity index (χ2v) is 8.66. The molecule has 0 spiro atoms. The molecule has 0 radical (unpaired) electrons. The highest BCUT2D eigenvalue weighted by Gasteiger charge is 2.55. The van der Waals surface area contributed by atoms with E-state index < -0.39 is 11.4 Å². The number of rotatable bonds is 2. The van der Waals surface area contributed by atoms with Gasteiger partial charge in [-0.2, -0.15) is 0 Å². The summed E-state index contributed by atoms with van der Waals surface area (Å²) in [7, 11) is 1.96. The Hall–Kier alpha value is -2.47. The summed E-state index contributed by atoms with van der Waals surface area (Å²) in [6.45, 7) is 8.06. The fraction of sp³-hybridized carbons (Fsp3) is 0.500. The maximum absolute atomic E-state index is 13.5. The number of hydrogen-bond acceptors (Lipinski definition) is 4. The minimum atomic E-state index is -0.869. The number of pyridine rings is 1. The van der Waals surface area contributed by atoms with Crippen LogP contribution in [-0.4, -0.2) is 65.0 Å². The maximum Gasteiger partial charge on any atom is 0.313 e. The lowest BCUT2D eigenvalue weighted by atomic mass is 9.73. The van der Waals surface area contributed by atoms with E-state index in [9.17, 15) is 14.7 Å². The Labute approximate surface area is 165 Å². The Morgan fingerprint density at radius 3 is 2.64 bits per heavy atom. The van der Waals surface area contributed by atoms with E-state index in [2.05, 4.69) is 16.0 Å². The van der Waals surface area contributed by atoms with Gasteiger partial charge in [0.15, 0.2) is 0 Å². The zero-order valence-corrected chi connectivity index (χ0v) is 17.0. The summed E-state index contributed by atoms with van der Waals surface area (Å²) in [6.07, 6.45) is 0.806. The van der Waals surface area contributed by atoms with E-state index in [-0.39, 0.29) is 18.4 Å². The van der Waals surface area contributed by atoms with E-state index in [0.29, 0.717) is 18.7 Å². The number of carbonyl (C=O) groups is 2. The molecular weight excluding hydrogens is 354 g/mol. The molecule has 1 N–H and O–H groups in total. The molecule has 148 valence electrons. The fourth-order valence-electron chi connectivity index (χ4n) is 5.08. The second-order valence-electron chi connectivity index (χ2n) is 8.66. The number of aliphatic carboxylic acids is 1. The lowest BCUT2D eigenvalue weighted by molar-refractivity contribution is -0.153. The molecule has 28 heavy (non-hydrogen) atoms. The van der Waals surface area contributed by atoms with Gasteiger partial charge in [0.2, 0.25) is 0 Å². The van der Waals surface area contributed by atoms with Gasteiger partial charge in [-0.05, 0) is 64.4 Å². The summed E-state index contributed by atoms with van der Waals surface area (Å²) in [5, 5.41) is 10.9. The Morgan fingerprint density at radius 1 is 1.18 bits per heavy atom. The van der Waals surface area contributed by atoms with Crippen LogP contribution in [0.25, 0.3) is 10.9 Å². The molecule has 2 aromatic rings.